The minimum absolute atomic E-state index is 0.712. The first-order valence-electron chi connectivity index (χ1n) is 9.49. The van der Waals surface area contributed by atoms with Crippen LogP contribution in [0.4, 0.5) is 0 Å². The molecule has 0 aliphatic carbocycles. The van der Waals surface area contributed by atoms with E-state index in [2.05, 4.69) is 37.3 Å². The maximum atomic E-state index is 5.93. The van der Waals surface area contributed by atoms with Crippen molar-refractivity contribution in [2.24, 2.45) is 4.99 Å². The molecule has 9 heteroatoms. The molecule has 0 amide bonds. The number of nitrogens with zero attached hydrogens (tertiary/aromatic N) is 4. The summed E-state index contributed by atoms with van der Waals surface area (Å²) in [6.07, 6.45) is 3.54. The predicted octanol–water partition coefficient (Wildman–Crippen LogP) is 2.86. The van der Waals surface area contributed by atoms with Gasteiger partial charge in [-0.3, -0.25) is 4.99 Å². The first-order valence-corrected chi connectivity index (χ1v) is 10.9. The van der Waals surface area contributed by atoms with E-state index in [-0.39, 0.29) is 0 Å². The highest BCUT2D eigenvalue weighted by atomic mass is 35.5. The summed E-state index contributed by atoms with van der Waals surface area (Å²) in [6, 6.07) is 7.90. The van der Waals surface area contributed by atoms with Crippen LogP contribution in [-0.4, -0.2) is 59.8 Å². The number of methoxy groups -OCH3 is 1. The molecule has 2 aromatic rings. The Morgan fingerprint density at radius 2 is 2.04 bits per heavy atom. The van der Waals surface area contributed by atoms with Gasteiger partial charge in [0.1, 0.15) is 12.2 Å². The number of hydrogen-bond donors (Lipinski definition) is 2. The van der Waals surface area contributed by atoms with Crippen LogP contribution in [0.25, 0.3) is 0 Å². The van der Waals surface area contributed by atoms with Gasteiger partial charge in [0, 0.05) is 62.0 Å². The SMILES string of the molecule is CCc1nncn1CCNC(=NCCCOC)NCCSc1ccc(Cl)cc1. The molecule has 0 radical (unpaired) electrons. The second kappa shape index (κ2) is 13.4. The standard InChI is InChI=1S/C19H29ClN6OS/c1-3-18-25-24-15-26(18)12-10-22-19(21-9-4-13-27-2)23-11-14-28-17-7-5-16(20)6-8-17/h5-8,15H,3-4,9-14H2,1-2H3,(H2,21,22,23). The number of rotatable bonds is 12. The first-order chi connectivity index (χ1) is 13.7. The summed E-state index contributed by atoms with van der Waals surface area (Å²) in [5.41, 5.74) is 0. The highest BCUT2D eigenvalue weighted by Crippen LogP contribution is 2.19. The Hall–Kier alpha value is -1.77. The molecule has 0 aliphatic rings. The van der Waals surface area contributed by atoms with Gasteiger partial charge in [0.15, 0.2) is 5.96 Å². The molecular weight excluding hydrogens is 396 g/mol. The number of aromatic nitrogens is 3. The molecule has 0 saturated heterocycles. The van der Waals surface area contributed by atoms with Gasteiger partial charge in [0.2, 0.25) is 0 Å². The molecule has 154 valence electrons. The smallest absolute Gasteiger partial charge is 0.191 e. The average molecular weight is 425 g/mol. The van der Waals surface area contributed by atoms with E-state index < -0.39 is 0 Å². The summed E-state index contributed by atoms with van der Waals surface area (Å²) in [5.74, 6) is 2.75. The van der Waals surface area contributed by atoms with E-state index in [4.69, 9.17) is 16.3 Å². The van der Waals surface area contributed by atoms with Gasteiger partial charge < -0.3 is 19.9 Å². The molecule has 0 unspecified atom stereocenters. The zero-order valence-corrected chi connectivity index (χ0v) is 18.1. The molecule has 0 fully saturated rings. The number of thioether (sulfide) groups is 1. The zero-order valence-electron chi connectivity index (χ0n) is 16.5. The Balaban J connectivity index is 1.76. The minimum atomic E-state index is 0.712. The molecule has 7 nitrogen and oxygen atoms in total. The van der Waals surface area contributed by atoms with Crippen LogP contribution in [0.15, 0.2) is 40.5 Å². The monoisotopic (exact) mass is 424 g/mol. The van der Waals surface area contributed by atoms with Gasteiger partial charge >= 0.3 is 0 Å². The van der Waals surface area contributed by atoms with Crippen LogP contribution in [0, 0.1) is 0 Å². The molecule has 28 heavy (non-hydrogen) atoms. The number of ether oxygens (including phenoxy) is 1. The quantitative estimate of drug-likeness (QED) is 0.236. The van der Waals surface area contributed by atoms with E-state index in [1.807, 2.05) is 24.3 Å². The second-order valence-electron chi connectivity index (χ2n) is 6.03. The fraction of sp³-hybridized carbons (Fsp3) is 0.526. The Kier molecular flexibility index (Phi) is 10.8. The van der Waals surface area contributed by atoms with E-state index >= 15 is 0 Å². The number of aliphatic imine (C=N–C) groups is 1. The van der Waals surface area contributed by atoms with Crippen molar-refractivity contribution >= 4 is 29.3 Å². The Morgan fingerprint density at radius 3 is 2.79 bits per heavy atom. The molecule has 0 saturated carbocycles. The average Bonchev–Trinajstić information content (AvgIpc) is 3.17. The summed E-state index contributed by atoms with van der Waals surface area (Å²) in [6.45, 7) is 5.89. The summed E-state index contributed by atoms with van der Waals surface area (Å²) >= 11 is 7.71. The summed E-state index contributed by atoms with van der Waals surface area (Å²) in [4.78, 5) is 5.83. The number of benzene rings is 1. The topological polar surface area (TPSA) is 76.4 Å². The lowest BCUT2D eigenvalue weighted by Crippen LogP contribution is -2.40. The summed E-state index contributed by atoms with van der Waals surface area (Å²) in [5, 5.41) is 15.6. The van der Waals surface area contributed by atoms with E-state index in [0.29, 0.717) is 6.61 Å². The van der Waals surface area contributed by atoms with Crippen molar-refractivity contribution < 1.29 is 4.74 Å². The highest BCUT2D eigenvalue weighted by Gasteiger charge is 2.03. The van der Waals surface area contributed by atoms with Gasteiger partial charge in [-0.1, -0.05) is 18.5 Å². The van der Waals surface area contributed by atoms with Crippen LogP contribution in [0.3, 0.4) is 0 Å². The first kappa shape index (κ1) is 22.5. The maximum Gasteiger partial charge on any atom is 0.191 e. The van der Waals surface area contributed by atoms with Crippen LogP contribution < -0.4 is 10.6 Å². The van der Waals surface area contributed by atoms with Crippen molar-refractivity contribution in [1.82, 2.24) is 25.4 Å². The van der Waals surface area contributed by atoms with Gasteiger partial charge in [-0.2, -0.15) is 0 Å². The third-order valence-electron chi connectivity index (χ3n) is 3.91. The molecule has 0 bridgehead atoms. The predicted molar refractivity (Wildman–Crippen MR) is 116 cm³/mol. The van der Waals surface area contributed by atoms with E-state index in [0.717, 1.165) is 61.6 Å². The Labute approximate surface area is 176 Å². The number of aryl methyl sites for hydroxylation is 1. The normalized spacial score (nSPS) is 11.6. The molecule has 1 heterocycles. The van der Waals surface area contributed by atoms with Crippen LogP contribution >= 0.6 is 23.4 Å². The third kappa shape index (κ3) is 8.50. The van der Waals surface area contributed by atoms with Crippen LogP contribution in [-0.2, 0) is 17.7 Å². The van der Waals surface area contributed by atoms with Crippen LogP contribution in [0.1, 0.15) is 19.2 Å². The maximum absolute atomic E-state index is 5.93. The second-order valence-corrected chi connectivity index (χ2v) is 7.63. The molecule has 1 aromatic heterocycles. The van der Waals surface area contributed by atoms with Crippen LogP contribution in [0.5, 0.6) is 0 Å². The van der Waals surface area contributed by atoms with E-state index in [1.165, 1.54) is 4.90 Å². The van der Waals surface area contributed by atoms with Crippen molar-refractivity contribution in [3.8, 4) is 0 Å². The van der Waals surface area contributed by atoms with Gasteiger partial charge in [-0.15, -0.1) is 22.0 Å². The van der Waals surface area contributed by atoms with E-state index in [1.54, 1.807) is 25.2 Å². The largest absolute Gasteiger partial charge is 0.385 e. The zero-order chi connectivity index (χ0) is 20.0. The molecule has 0 atom stereocenters. The number of hydrogen-bond acceptors (Lipinski definition) is 5. The number of guanidine groups is 1. The van der Waals surface area contributed by atoms with Crippen molar-refractivity contribution in [2.75, 3.05) is 39.1 Å². The molecule has 0 aliphatic heterocycles. The minimum Gasteiger partial charge on any atom is -0.385 e. The number of halogens is 1. The summed E-state index contributed by atoms with van der Waals surface area (Å²) in [7, 11) is 1.71. The van der Waals surface area contributed by atoms with E-state index in [9.17, 15) is 0 Å². The summed E-state index contributed by atoms with van der Waals surface area (Å²) < 4.78 is 7.16. The van der Waals surface area contributed by atoms with Gasteiger partial charge in [-0.05, 0) is 30.7 Å². The van der Waals surface area contributed by atoms with Crippen molar-refractivity contribution in [3.05, 3.63) is 41.4 Å². The number of nitrogens with one attached hydrogen (secondary N) is 2. The molecule has 0 spiro atoms. The van der Waals surface area contributed by atoms with Gasteiger partial charge in [0.25, 0.3) is 0 Å². The Morgan fingerprint density at radius 1 is 1.25 bits per heavy atom. The fourth-order valence-corrected chi connectivity index (χ4v) is 3.37. The molecular formula is C19H29ClN6OS. The molecule has 2 rings (SSSR count). The van der Waals surface area contributed by atoms with Gasteiger partial charge in [0.05, 0.1) is 0 Å². The third-order valence-corrected chi connectivity index (χ3v) is 5.18. The van der Waals surface area contributed by atoms with Crippen molar-refractivity contribution in [2.45, 2.75) is 31.2 Å². The highest BCUT2D eigenvalue weighted by molar-refractivity contribution is 7.99. The lowest BCUT2D eigenvalue weighted by molar-refractivity contribution is 0.197. The lowest BCUT2D eigenvalue weighted by Gasteiger charge is -2.13. The van der Waals surface area contributed by atoms with Gasteiger partial charge in [-0.25, -0.2) is 0 Å². The molecule has 1 aromatic carbocycles. The molecule has 2 N–H and O–H groups in total. The van der Waals surface area contributed by atoms with Crippen molar-refractivity contribution in [3.63, 3.8) is 0 Å². The van der Waals surface area contributed by atoms with Crippen LogP contribution in [0.2, 0.25) is 5.02 Å². The lowest BCUT2D eigenvalue weighted by atomic mass is 10.4. The fourth-order valence-electron chi connectivity index (χ4n) is 2.48. The Bertz CT molecular complexity index is 707. The van der Waals surface area contributed by atoms with Crippen molar-refractivity contribution in [1.29, 1.82) is 0 Å².